The Labute approximate surface area is 104 Å². The molecule has 0 bridgehead atoms. The van der Waals surface area contributed by atoms with Crippen LogP contribution >= 0.6 is 11.3 Å². The maximum Gasteiger partial charge on any atom is 0.166 e. The number of thiophene rings is 1. The lowest BCUT2D eigenvalue weighted by molar-refractivity contribution is 0.999. The van der Waals surface area contributed by atoms with E-state index in [1.165, 1.54) is 21.5 Å². The molecular formula is C12H12N4S. The molecule has 17 heavy (non-hydrogen) atoms. The SMILES string of the molecule is Cc1cc(CNc2nnccc2C#N)sc1C. The third-order valence-corrected chi connectivity index (χ3v) is 3.64. The summed E-state index contributed by atoms with van der Waals surface area (Å²) in [6.07, 6.45) is 1.52. The summed E-state index contributed by atoms with van der Waals surface area (Å²) in [5.41, 5.74) is 1.82. The molecular weight excluding hydrogens is 232 g/mol. The first-order valence-corrected chi connectivity index (χ1v) is 6.04. The first-order valence-electron chi connectivity index (χ1n) is 5.22. The molecule has 2 aromatic rings. The van der Waals surface area contributed by atoms with Crippen LogP contribution in [-0.2, 0) is 6.54 Å². The summed E-state index contributed by atoms with van der Waals surface area (Å²) >= 11 is 1.75. The second-order valence-corrected chi connectivity index (χ2v) is 5.05. The van der Waals surface area contributed by atoms with Crippen LogP contribution in [0.25, 0.3) is 0 Å². The Morgan fingerprint density at radius 2 is 2.29 bits per heavy atom. The molecule has 0 radical (unpaired) electrons. The van der Waals surface area contributed by atoms with E-state index >= 15 is 0 Å². The van der Waals surface area contributed by atoms with E-state index in [1.807, 2.05) is 0 Å². The number of aromatic nitrogens is 2. The summed E-state index contributed by atoms with van der Waals surface area (Å²) in [5, 5.41) is 19.7. The largest absolute Gasteiger partial charge is 0.363 e. The van der Waals surface area contributed by atoms with Gasteiger partial charge in [0.1, 0.15) is 6.07 Å². The molecule has 0 saturated heterocycles. The lowest BCUT2D eigenvalue weighted by atomic mass is 10.3. The van der Waals surface area contributed by atoms with Crippen LogP contribution in [0.3, 0.4) is 0 Å². The summed E-state index contributed by atoms with van der Waals surface area (Å²) in [6, 6.07) is 5.89. The molecule has 0 saturated carbocycles. The van der Waals surface area contributed by atoms with Gasteiger partial charge in [0, 0.05) is 9.75 Å². The highest BCUT2D eigenvalue weighted by Gasteiger charge is 2.05. The molecule has 0 aliphatic heterocycles. The van der Waals surface area contributed by atoms with Gasteiger partial charge in [-0.25, -0.2) is 0 Å². The van der Waals surface area contributed by atoms with Gasteiger partial charge >= 0.3 is 0 Å². The predicted octanol–water partition coefficient (Wildman–Crippen LogP) is 2.64. The molecule has 1 N–H and O–H groups in total. The molecule has 2 aromatic heterocycles. The van der Waals surface area contributed by atoms with Gasteiger partial charge in [0.2, 0.25) is 0 Å². The minimum Gasteiger partial charge on any atom is -0.363 e. The molecule has 86 valence electrons. The molecule has 0 amide bonds. The van der Waals surface area contributed by atoms with Gasteiger partial charge in [0.15, 0.2) is 5.82 Å². The number of nitrogens with zero attached hydrogens (tertiary/aromatic N) is 3. The number of nitrogens with one attached hydrogen (secondary N) is 1. The van der Waals surface area contributed by atoms with Crippen molar-refractivity contribution in [1.82, 2.24) is 10.2 Å². The highest BCUT2D eigenvalue weighted by molar-refractivity contribution is 7.12. The molecule has 0 spiro atoms. The van der Waals surface area contributed by atoms with Gasteiger partial charge in [-0.3, -0.25) is 0 Å². The Kier molecular flexibility index (Phi) is 3.35. The molecule has 0 aromatic carbocycles. The first kappa shape index (κ1) is 11.6. The van der Waals surface area contributed by atoms with E-state index in [-0.39, 0.29) is 0 Å². The summed E-state index contributed by atoms with van der Waals surface area (Å²) in [6.45, 7) is 4.87. The quantitative estimate of drug-likeness (QED) is 0.901. The van der Waals surface area contributed by atoms with Crippen LogP contribution in [0.2, 0.25) is 0 Å². The van der Waals surface area contributed by atoms with Gasteiger partial charge < -0.3 is 5.32 Å². The van der Waals surface area contributed by atoms with Crippen LogP contribution in [-0.4, -0.2) is 10.2 Å². The first-order chi connectivity index (χ1) is 8.20. The highest BCUT2D eigenvalue weighted by atomic mass is 32.1. The van der Waals surface area contributed by atoms with Gasteiger partial charge in [0.25, 0.3) is 0 Å². The van der Waals surface area contributed by atoms with Crippen molar-refractivity contribution < 1.29 is 0 Å². The third-order valence-electron chi connectivity index (χ3n) is 2.49. The van der Waals surface area contributed by atoms with E-state index in [1.54, 1.807) is 17.4 Å². The average Bonchev–Trinajstić information content (AvgIpc) is 2.66. The van der Waals surface area contributed by atoms with Gasteiger partial charge in [-0.15, -0.1) is 16.4 Å². The molecule has 2 heterocycles. The number of anilines is 1. The van der Waals surface area contributed by atoms with Crippen molar-refractivity contribution in [3.63, 3.8) is 0 Å². The molecule has 2 rings (SSSR count). The van der Waals surface area contributed by atoms with Crippen LogP contribution in [0, 0.1) is 25.2 Å². The lowest BCUT2D eigenvalue weighted by Crippen LogP contribution is -2.03. The van der Waals surface area contributed by atoms with E-state index in [9.17, 15) is 0 Å². The van der Waals surface area contributed by atoms with Crippen molar-refractivity contribution in [3.8, 4) is 6.07 Å². The molecule has 5 heteroatoms. The maximum absolute atomic E-state index is 8.91. The zero-order valence-electron chi connectivity index (χ0n) is 9.69. The fourth-order valence-electron chi connectivity index (χ4n) is 1.46. The minimum atomic E-state index is 0.519. The molecule has 0 unspecified atom stereocenters. The second kappa shape index (κ2) is 4.93. The van der Waals surface area contributed by atoms with Gasteiger partial charge in [0.05, 0.1) is 18.3 Å². The molecule has 0 aliphatic rings. The van der Waals surface area contributed by atoms with Gasteiger partial charge in [-0.1, -0.05) is 0 Å². The van der Waals surface area contributed by atoms with Crippen molar-refractivity contribution in [2.75, 3.05) is 5.32 Å². The van der Waals surface area contributed by atoms with Crippen LogP contribution in [0.4, 0.5) is 5.82 Å². The zero-order valence-corrected chi connectivity index (χ0v) is 10.5. The fraction of sp³-hybridized carbons (Fsp3) is 0.250. The van der Waals surface area contributed by atoms with E-state index in [0.717, 1.165) is 0 Å². The van der Waals surface area contributed by atoms with Crippen LogP contribution in [0.1, 0.15) is 20.9 Å². The number of hydrogen-bond donors (Lipinski definition) is 1. The fourth-order valence-corrected chi connectivity index (χ4v) is 2.45. The Bertz CT molecular complexity index is 549. The van der Waals surface area contributed by atoms with Gasteiger partial charge in [-0.2, -0.15) is 10.4 Å². The summed E-state index contributed by atoms with van der Waals surface area (Å²) in [5.74, 6) is 0.540. The monoisotopic (exact) mass is 244 g/mol. The Morgan fingerprint density at radius 1 is 1.47 bits per heavy atom. The smallest absolute Gasteiger partial charge is 0.166 e. The number of nitriles is 1. The van der Waals surface area contributed by atoms with Crippen molar-refractivity contribution >= 4 is 17.2 Å². The van der Waals surface area contributed by atoms with Crippen molar-refractivity contribution in [1.29, 1.82) is 5.26 Å². The zero-order chi connectivity index (χ0) is 12.3. The average molecular weight is 244 g/mol. The standard InChI is InChI=1S/C12H12N4S/c1-8-5-11(17-9(8)2)7-14-12-10(6-13)3-4-15-16-12/h3-5H,7H2,1-2H3,(H,14,16). The molecule has 0 fully saturated rings. The van der Waals surface area contributed by atoms with E-state index in [4.69, 9.17) is 5.26 Å². The minimum absolute atomic E-state index is 0.519. The number of rotatable bonds is 3. The van der Waals surface area contributed by atoms with Crippen LogP contribution in [0.5, 0.6) is 0 Å². The molecule has 4 nitrogen and oxygen atoms in total. The van der Waals surface area contributed by atoms with Crippen LogP contribution in [0.15, 0.2) is 18.3 Å². The van der Waals surface area contributed by atoms with E-state index in [0.29, 0.717) is 17.9 Å². The number of aryl methyl sites for hydroxylation is 2. The highest BCUT2D eigenvalue weighted by Crippen LogP contribution is 2.21. The maximum atomic E-state index is 8.91. The topological polar surface area (TPSA) is 61.6 Å². The molecule has 0 aliphatic carbocycles. The van der Waals surface area contributed by atoms with E-state index < -0.39 is 0 Å². The Morgan fingerprint density at radius 3 is 2.94 bits per heavy atom. The number of hydrogen-bond acceptors (Lipinski definition) is 5. The predicted molar refractivity (Wildman–Crippen MR) is 67.9 cm³/mol. The van der Waals surface area contributed by atoms with Crippen LogP contribution < -0.4 is 5.32 Å². The summed E-state index contributed by atoms with van der Waals surface area (Å²) < 4.78 is 0. The third kappa shape index (κ3) is 2.60. The second-order valence-electron chi connectivity index (χ2n) is 3.71. The van der Waals surface area contributed by atoms with Crippen molar-refractivity contribution in [2.24, 2.45) is 0 Å². The summed E-state index contributed by atoms with van der Waals surface area (Å²) in [7, 11) is 0. The lowest BCUT2D eigenvalue weighted by Gasteiger charge is -2.03. The van der Waals surface area contributed by atoms with Crippen molar-refractivity contribution in [2.45, 2.75) is 20.4 Å². The van der Waals surface area contributed by atoms with E-state index in [2.05, 4.69) is 41.5 Å². The van der Waals surface area contributed by atoms with Gasteiger partial charge in [-0.05, 0) is 31.5 Å². The normalized spacial score (nSPS) is 9.94. The molecule has 0 atom stereocenters. The Balaban J connectivity index is 2.10. The Hall–Kier alpha value is -1.93. The van der Waals surface area contributed by atoms with Crippen molar-refractivity contribution in [3.05, 3.63) is 39.2 Å². The summed E-state index contributed by atoms with van der Waals surface area (Å²) in [4.78, 5) is 2.55.